The monoisotopic (exact) mass is 647 g/mol. The van der Waals surface area contributed by atoms with Gasteiger partial charge in [-0.3, -0.25) is 0 Å². The lowest BCUT2D eigenvalue weighted by atomic mass is 9.89. The Labute approximate surface area is 301 Å². The third-order valence-electron chi connectivity index (χ3n) is 8.19. The van der Waals surface area contributed by atoms with E-state index in [2.05, 4.69) is 134 Å². The summed E-state index contributed by atoms with van der Waals surface area (Å²) in [7, 11) is 0. The van der Waals surface area contributed by atoms with Crippen molar-refractivity contribution in [3.05, 3.63) is 194 Å². The molecule has 5 radical (unpaired) electrons. The maximum Gasteiger partial charge on any atom is -0.00808 e. The maximum atomic E-state index is 4.36. The number of unbranched alkanes of at least 4 members (excludes halogenated alkanes) is 2. The third kappa shape index (κ3) is 14.5. The molecule has 0 aliphatic heterocycles. The summed E-state index contributed by atoms with van der Waals surface area (Å²) >= 11 is 0. The summed E-state index contributed by atoms with van der Waals surface area (Å²) in [6.45, 7) is 30.9. The SMILES string of the molecule is C=C/C=C/CCC.CC.CCCC.[CH2]/C(=C\c1ccccc1[CH2])C1=CC=C(c2ccc(/C([CH2])=C/c3ccccc3[CH2])cc2)C2CC12.[C]1=CC1. The van der Waals surface area contributed by atoms with E-state index in [1.165, 1.54) is 48.8 Å². The van der Waals surface area contributed by atoms with E-state index in [9.17, 15) is 0 Å². The van der Waals surface area contributed by atoms with Crippen LogP contribution < -0.4 is 0 Å². The van der Waals surface area contributed by atoms with Crippen LogP contribution in [0.3, 0.4) is 0 Å². The normalized spacial score (nSPS) is 16.8. The number of hydrogen-bond acceptors (Lipinski definition) is 0. The van der Waals surface area contributed by atoms with Crippen LogP contribution in [0, 0.1) is 45.6 Å². The lowest BCUT2D eigenvalue weighted by molar-refractivity contribution is 0.886. The molecule has 3 aromatic rings. The lowest BCUT2D eigenvalue weighted by Crippen LogP contribution is -1.99. The van der Waals surface area contributed by atoms with Gasteiger partial charge in [0, 0.05) is 0 Å². The molecule has 0 bridgehead atoms. The molecule has 255 valence electrons. The Morgan fingerprint density at radius 1 is 0.735 bits per heavy atom. The second kappa shape index (κ2) is 23.2. The van der Waals surface area contributed by atoms with Gasteiger partial charge in [-0.2, -0.15) is 0 Å². The molecule has 0 heteroatoms. The van der Waals surface area contributed by atoms with E-state index in [1.54, 1.807) is 6.08 Å². The molecule has 0 N–H and O–H groups in total. The highest BCUT2D eigenvalue weighted by molar-refractivity contribution is 5.85. The Hall–Kier alpha value is -4.16. The van der Waals surface area contributed by atoms with Gasteiger partial charge in [0.2, 0.25) is 0 Å². The zero-order chi connectivity index (χ0) is 36.0. The van der Waals surface area contributed by atoms with E-state index in [4.69, 9.17) is 0 Å². The number of allylic oxidation sites excluding steroid dienone is 11. The molecule has 6 rings (SSSR count). The second-order valence-corrected chi connectivity index (χ2v) is 12.1. The van der Waals surface area contributed by atoms with Crippen molar-refractivity contribution < 1.29 is 0 Å². The van der Waals surface area contributed by atoms with E-state index >= 15 is 0 Å². The van der Waals surface area contributed by atoms with Crippen molar-refractivity contribution in [2.75, 3.05) is 0 Å². The standard InChI is InChI=1S/C33H28.C7H12.C4H10.C3H3.C2H6/c1-22-9-5-7-11-28(22)19-24(3)26-13-15-27(16-14-26)31-18-17-30(32-21-33(31)32)25(4)20-29-12-8-6-10-23(29)2;1-3-5-7-6-4-2;1-3-4-2;1-2-3-1;1-2/h5-20,32-33H,1-4,21H2;3,5,7H,1,4,6H2,2H3;3-4H2,1-2H3;1H,2H2;1-2H3/b24-19+,25-20+;7-5+;;;. The van der Waals surface area contributed by atoms with E-state index < -0.39 is 0 Å². The van der Waals surface area contributed by atoms with Gasteiger partial charge in [-0.25, -0.2) is 0 Å². The van der Waals surface area contributed by atoms with E-state index in [0.29, 0.717) is 11.8 Å². The Bertz CT molecular complexity index is 1590. The molecule has 3 aliphatic carbocycles. The quantitative estimate of drug-likeness (QED) is 0.160. The van der Waals surface area contributed by atoms with Gasteiger partial charge in [-0.15, -0.1) is 0 Å². The van der Waals surface area contributed by atoms with Crippen LogP contribution in [0.4, 0.5) is 0 Å². The average molecular weight is 648 g/mol. The largest absolute Gasteiger partial charge is 0.0991 e. The van der Waals surface area contributed by atoms with Crippen LogP contribution in [0.15, 0.2) is 127 Å². The molecular formula is C49H59. The number of fused-ring (bicyclic) bond motifs is 1. The van der Waals surface area contributed by atoms with Crippen molar-refractivity contribution in [1.29, 1.82) is 0 Å². The van der Waals surface area contributed by atoms with E-state index in [-0.39, 0.29) is 0 Å². The maximum absolute atomic E-state index is 4.36. The highest BCUT2D eigenvalue weighted by Crippen LogP contribution is 2.56. The molecule has 3 aliphatic rings. The first kappa shape index (κ1) is 41.0. The third-order valence-corrected chi connectivity index (χ3v) is 8.19. The van der Waals surface area contributed by atoms with Crippen LogP contribution in [0.25, 0.3) is 23.3 Å². The molecule has 1 saturated carbocycles. The molecule has 0 aromatic heterocycles. The molecule has 0 spiro atoms. The highest BCUT2D eigenvalue weighted by Gasteiger charge is 2.44. The molecule has 0 amide bonds. The molecule has 0 saturated heterocycles. The molecule has 1 fully saturated rings. The smallest absolute Gasteiger partial charge is 0.00808 e. The summed E-state index contributed by atoms with van der Waals surface area (Å²) < 4.78 is 0. The average Bonchev–Trinajstić information content (AvgIpc) is 4.06. The first-order valence-electron chi connectivity index (χ1n) is 18.1. The molecule has 0 heterocycles. The summed E-state index contributed by atoms with van der Waals surface area (Å²) in [4.78, 5) is 0. The first-order chi connectivity index (χ1) is 23.8. The van der Waals surface area contributed by atoms with Crippen molar-refractivity contribution in [3.63, 3.8) is 0 Å². The fraction of sp³-hybridized carbons (Fsp3) is 0.265. The summed E-state index contributed by atoms with van der Waals surface area (Å²) in [5.74, 6) is 1.16. The van der Waals surface area contributed by atoms with Crippen molar-refractivity contribution >= 4 is 23.3 Å². The van der Waals surface area contributed by atoms with E-state index in [0.717, 1.165) is 45.4 Å². The van der Waals surface area contributed by atoms with Gasteiger partial charge in [-0.1, -0.05) is 182 Å². The van der Waals surface area contributed by atoms with Gasteiger partial charge in [0.15, 0.2) is 0 Å². The van der Waals surface area contributed by atoms with Crippen LogP contribution in [-0.4, -0.2) is 0 Å². The minimum absolute atomic E-state index is 0.572. The molecule has 0 nitrogen and oxygen atoms in total. The van der Waals surface area contributed by atoms with E-state index in [1.807, 2.05) is 56.3 Å². The topological polar surface area (TPSA) is 0 Å². The highest BCUT2D eigenvalue weighted by atomic mass is 14.5. The van der Waals surface area contributed by atoms with Gasteiger partial charge in [-0.05, 0) is 121 Å². The van der Waals surface area contributed by atoms with Crippen LogP contribution in [-0.2, 0) is 0 Å². The summed E-state index contributed by atoms with van der Waals surface area (Å²) in [6.07, 6.45) is 27.0. The summed E-state index contributed by atoms with van der Waals surface area (Å²) in [6, 6.07) is 25.2. The number of rotatable bonds is 9. The zero-order valence-corrected chi connectivity index (χ0v) is 31.0. The fourth-order valence-electron chi connectivity index (χ4n) is 5.09. The molecule has 2 atom stereocenters. The number of hydrogen-bond donors (Lipinski definition) is 0. The lowest BCUT2D eigenvalue weighted by Gasteiger charge is -2.16. The van der Waals surface area contributed by atoms with Crippen LogP contribution in [0.1, 0.15) is 107 Å². The van der Waals surface area contributed by atoms with Crippen LogP contribution in [0.5, 0.6) is 0 Å². The van der Waals surface area contributed by atoms with Crippen molar-refractivity contribution in [2.24, 2.45) is 11.8 Å². The van der Waals surface area contributed by atoms with Gasteiger partial charge in [0.25, 0.3) is 0 Å². The van der Waals surface area contributed by atoms with Gasteiger partial charge >= 0.3 is 0 Å². The van der Waals surface area contributed by atoms with Crippen molar-refractivity contribution in [1.82, 2.24) is 0 Å². The Balaban J connectivity index is 0.000000435. The Kier molecular flexibility index (Phi) is 19.5. The summed E-state index contributed by atoms with van der Waals surface area (Å²) in [5, 5.41) is 0. The minimum Gasteiger partial charge on any atom is -0.0991 e. The first-order valence-corrected chi connectivity index (χ1v) is 18.1. The molecular weight excluding hydrogens is 589 g/mol. The molecule has 2 unspecified atom stereocenters. The van der Waals surface area contributed by atoms with Crippen molar-refractivity contribution in [2.45, 2.75) is 73.1 Å². The van der Waals surface area contributed by atoms with Gasteiger partial charge < -0.3 is 0 Å². The molecule has 49 heavy (non-hydrogen) atoms. The fourth-order valence-corrected chi connectivity index (χ4v) is 5.09. The van der Waals surface area contributed by atoms with Gasteiger partial charge in [0.1, 0.15) is 0 Å². The Morgan fingerprint density at radius 3 is 1.73 bits per heavy atom. The van der Waals surface area contributed by atoms with Gasteiger partial charge in [0.05, 0.1) is 0 Å². The minimum atomic E-state index is 0.572. The predicted octanol–water partition coefficient (Wildman–Crippen LogP) is 14.4. The predicted molar refractivity (Wildman–Crippen MR) is 221 cm³/mol. The summed E-state index contributed by atoms with van der Waals surface area (Å²) in [5.41, 5.74) is 11.6. The number of benzene rings is 3. The Morgan fingerprint density at radius 2 is 1.27 bits per heavy atom. The second-order valence-electron chi connectivity index (χ2n) is 12.1. The molecule has 3 aromatic carbocycles. The van der Waals surface area contributed by atoms with Crippen LogP contribution >= 0.6 is 0 Å². The van der Waals surface area contributed by atoms with Crippen LogP contribution in [0.2, 0.25) is 0 Å². The van der Waals surface area contributed by atoms with Crippen molar-refractivity contribution in [3.8, 4) is 0 Å². The zero-order valence-electron chi connectivity index (χ0n) is 31.0.